The molecule has 6 nitrogen and oxygen atoms in total. The van der Waals surface area contributed by atoms with E-state index in [1.807, 2.05) is 0 Å². The molecule has 0 unspecified atom stereocenters. The Bertz CT molecular complexity index is 663. The number of halogens is 6. The van der Waals surface area contributed by atoms with Crippen molar-refractivity contribution in [3.8, 4) is 0 Å². The predicted molar refractivity (Wildman–Crippen MR) is 93.3 cm³/mol. The van der Waals surface area contributed by atoms with Gasteiger partial charge in [-0.25, -0.2) is 24.1 Å². The first-order valence-corrected chi connectivity index (χ1v) is 19.1. The Balaban J connectivity index is 6.81. The molecule has 0 bridgehead atoms. The molecule has 0 saturated heterocycles. The van der Waals surface area contributed by atoms with E-state index in [4.69, 9.17) is 0 Å². The Hall–Kier alpha value is 0.0506. The minimum atomic E-state index is -6.00. The van der Waals surface area contributed by atoms with Crippen molar-refractivity contribution in [1.29, 1.82) is 0 Å². The molecule has 0 aliphatic heterocycles. The second-order valence-corrected chi connectivity index (χ2v) is 25.5. The van der Waals surface area contributed by atoms with Crippen LogP contribution in [0.2, 0.25) is 45.8 Å². The highest BCUT2D eigenvalue weighted by Gasteiger charge is 2.61. The standard InChI is InChI=1S/C9H22F6N2O4S2Si3/c1-24(16(25(2,3)4)22(18,19)8(10,11)12)17(26(5,6)7)23(20,21)9(13,14)15/h24H,1-7H3. The van der Waals surface area contributed by atoms with Crippen molar-refractivity contribution in [3.63, 3.8) is 0 Å². The molecule has 158 valence electrons. The Morgan fingerprint density at radius 3 is 0.962 bits per heavy atom. The van der Waals surface area contributed by atoms with Gasteiger partial charge in [0.2, 0.25) is 9.12 Å². The second kappa shape index (κ2) is 7.14. The van der Waals surface area contributed by atoms with Gasteiger partial charge in [-0.2, -0.15) is 26.3 Å². The zero-order chi connectivity index (χ0) is 21.7. The summed E-state index contributed by atoms with van der Waals surface area (Å²) in [5.74, 6) is 0. The van der Waals surface area contributed by atoms with Gasteiger partial charge in [-0.1, -0.05) is 39.3 Å². The van der Waals surface area contributed by atoms with Crippen molar-refractivity contribution in [1.82, 2.24) is 7.27 Å². The molecule has 0 saturated carbocycles. The topological polar surface area (TPSA) is 74.8 Å². The summed E-state index contributed by atoms with van der Waals surface area (Å²) in [5.41, 5.74) is -11.5. The zero-order valence-electron chi connectivity index (χ0n) is 15.2. The van der Waals surface area contributed by atoms with E-state index in [0.717, 1.165) is 6.55 Å². The van der Waals surface area contributed by atoms with Gasteiger partial charge in [0, 0.05) is 0 Å². The molecule has 0 aromatic rings. The number of hydrogen-bond donors (Lipinski definition) is 0. The van der Waals surface area contributed by atoms with Gasteiger partial charge in [0.25, 0.3) is 0 Å². The van der Waals surface area contributed by atoms with Crippen molar-refractivity contribution in [2.24, 2.45) is 0 Å². The van der Waals surface area contributed by atoms with E-state index < -0.39 is 56.7 Å². The van der Waals surface area contributed by atoms with Gasteiger partial charge in [-0.05, 0) is 6.55 Å². The number of rotatable bonds is 6. The highest BCUT2D eigenvalue weighted by atomic mass is 32.2. The van der Waals surface area contributed by atoms with Gasteiger partial charge < -0.3 is 0 Å². The maximum atomic E-state index is 13.1. The third-order valence-corrected chi connectivity index (χ3v) is 24.4. The molecule has 0 aromatic carbocycles. The molecule has 0 aliphatic rings. The second-order valence-electron chi connectivity index (χ2n) is 7.47. The number of sulfonamides is 2. The molecule has 0 aromatic heterocycles. The van der Waals surface area contributed by atoms with E-state index in [2.05, 4.69) is 0 Å². The normalized spacial score (nSPS) is 16.0. The van der Waals surface area contributed by atoms with Crippen molar-refractivity contribution >= 4 is 45.6 Å². The van der Waals surface area contributed by atoms with E-state index >= 15 is 0 Å². The molecule has 0 heterocycles. The lowest BCUT2D eigenvalue weighted by Crippen LogP contribution is -2.71. The lowest BCUT2D eigenvalue weighted by atomic mass is 11.6. The molecule has 0 rings (SSSR count). The smallest absolute Gasteiger partial charge is 0.227 e. The monoisotopic (exact) mass is 484 g/mol. The maximum absolute atomic E-state index is 13.1. The van der Waals surface area contributed by atoms with Crippen LogP contribution in [0.25, 0.3) is 0 Å². The van der Waals surface area contributed by atoms with Crippen LogP contribution >= 0.6 is 0 Å². The fourth-order valence-corrected chi connectivity index (χ4v) is 24.8. The van der Waals surface area contributed by atoms with Crippen LogP contribution in [0.1, 0.15) is 0 Å². The van der Waals surface area contributed by atoms with E-state index in [9.17, 15) is 43.2 Å². The Morgan fingerprint density at radius 1 is 0.654 bits per heavy atom. The van der Waals surface area contributed by atoms with Gasteiger partial charge in [0.1, 0.15) is 16.5 Å². The van der Waals surface area contributed by atoms with Crippen molar-refractivity contribution in [2.45, 2.75) is 56.8 Å². The molecule has 0 amide bonds. The number of alkyl halides is 6. The summed E-state index contributed by atoms with van der Waals surface area (Å²) in [6, 6.07) is 0. The SMILES string of the molecule is C[SiH](N([Si](C)(C)C)S(=O)(=O)C(F)(F)F)N([Si](C)(C)C)S(=O)(=O)C(F)(F)F. The average molecular weight is 485 g/mol. The minimum Gasteiger partial charge on any atom is -0.227 e. The Labute approximate surface area is 153 Å². The molecule has 0 atom stereocenters. The van der Waals surface area contributed by atoms with Crippen LogP contribution in [0, 0.1) is 0 Å². The number of hydrogen-bond acceptors (Lipinski definition) is 4. The summed E-state index contributed by atoms with van der Waals surface area (Å²) in [4.78, 5) is 0. The number of nitrogens with zero attached hydrogens (tertiary/aromatic N) is 2. The summed E-state index contributed by atoms with van der Waals surface area (Å²) in [5, 5.41) is 0. The molecule has 0 radical (unpaired) electrons. The van der Waals surface area contributed by atoms with Crippen LogP contribution in [0.3, 0.4) is 0 Å². The minimum absolute atomic E-state index is 0.0293. The highest BCUT2D eigenvalue weighted by molar-refractivity contribution is 7.94. The molecule has 17 heteroatoms. The van der Waals surface area contributed by atoms with Gasteiger partial charge in [0.15, 0.2) is 0 Å². The van der Waals surface area contributed by atoms with Crippen LogP contribution in [0.15, 0.2) is 0 Å². The molecule has 0 spiro atoms. The largest absolute Gasteiger partial charge is 0.510 e. The van der Waals surface area contributed by atoms with Crippen LogP contribution in [0.4, 0.5) is 26.3 Å². The van der Waals surface area contributed by atoms with Gasteiger partial charge in [0.05, 0.1) is 0 Å². The Morgan fingerprint density at radius 2 is 0.846 bits per heavy atom. The summed E-state index contributed by atoms with van der Waals surface area (Å²) in [6.45, 7) is 8.05. The lowest BCUT2D eigenvalue weighted by Gasteiger charge is -2.45. The highest BCUT2D eigenvalue weighted by Crippen LogP contribution is 2.37. The van der Waals surface area contributed by atoms with Crippen molar-refractivity contribution in [2.75, 3.05) is 0 Å². The first kappa shape index (κ1) is 26.1. The molecule has 0 fully saturated rings. The fraction of sp³-hybridized carbons (Fsp3) is 1.00. The average Bonchev–Trinajstić information content (AvgIpc) is 2.19. The lowest BCUT2D eigenvalue weighted by molar-refractivity contribution is -0.0463. The molecule has 26 heavy (non-hydrogen) atoms. The molecular formula is C9H22F6N2O4S2Si3. The summed E-state index contributed by atoms with van der Waals surface area (Å²) in [7, 11) is -22.8. The predicted octanol–water partition coefficient (Wildman–Crippen LogP) is 2.81. The van der Waals surface area contributed by atoms with Crippen molar-refractivity contribution < 1.29 is 43.2 Å². The Kier molecular flexibility index (Phi) is 7.15. The summed E-state index contributed by atoms with van der Waals surface area (Å²) >= 11 is 0. The first-order chi connectivity index (χ1) is 10.9. The fourth-order valence-electron chi connectivity index (χ4n) is 2.56. The van der Waals surface area contributed by atoms with Gasteiger partial charge in [-0.3, -0.25) is 0 Å². The summed E-state index contributed by atoms with van der Waals surface area (Å²) in [6.07, 6.45) is 0. The maximum Gasteiger partial charge on any atom is 0.510 e. The molecule has 0 N–H and O–H groups in total. The quantitative estimate of drug-likeness (QED) is 0.429. The van der Waals surface area contributed by atoms with E-state index in [-0.39, 0.29) is 7.27 Å². The van der Waals surface area contributed by atoms with Crippen LogP contribution < -0.4 is 0 Å². The van der Waals surface area contributed by atoms with Crippen LogP contribution in [0.5, 0.6) is 0 Å². The van der Waals surface area contributed by atoms with E-state index in [1.54, 1.807) is 0 Å². The third kappa shape index (κ3) is 5.10. The third-order valence-electron chi connectivity index (χ3n) is 3.10. The van der Waals surface area contributed by atoms with Crippen LogP contribution in [-0.2, 0) is 20.0 Å². The zero-order valence-corrected chi connectivity index (χ0v) is 20.0. The van der Waals surface area contributed by atoms with Crippen LogP contribution in [-0.4, -0.2) is 60.7 Å². The summed E-state index contributed by atoms with van der Waals surface area (Å²) < 4.78 is 127. The van der Waals surface area contributed by atoms with E-state index in [0.29, 0.717) is 0 Å². The van der Waals surface area contributed by atoms with Crippen molar-refractivity contribution in [3.05, 3.63) is 0 Å². The molecule has 0 aliphatic carbocycles. The van der Waals surface area contributed by atoms with E-state index in [1.165, 1.54) is 39.3 Å². The first-order valence-electron chi connectivity index (χ1n) is 7.11. The molecular weight excluding hydrogens is 462 g/mol. The van der Waals surface area contributed by atoms with Gasteiger partial charge >= 0.3 is 31.1 Å². The van der Waals surface area contributed by atoms with Gasteiger partial charge in [-0.15, -0.1) is 0 Å².